The second kappa shape index (κ2) is 6.51. The maximum Gasteiger partial charge on any atom is 0.246 e. The van der Waals surface area contributed by atoms with E-state index in [0.717, 1.165) is 16.4 Å². The van der Waals surface area contributed by atoms with Gasteiger partial charge >= 0.3 is 0 Å². The molecule has 0 bridgehead atoms. The minimum absolute atomic E-state index is 0.0516. The van der Waals surface area contributed by atoms with Crippen LogP contribution in [0.1, 0.15) is 13.3 Å². The van der Waals surface area contributed by atoms with Gasteiger partial charge in [-0.05, 0) is 18.6 Å². The van der Waals surface area contributed by atoms with Gasteiger partial charge in [-0.2, -0.15) is 4.31 Å². The SMILES string of the molecule is CCN(CCCO)S(=O)(=O)c1cc(Cl)cc(N)c1F. The molecule has 0 atom stereocenters. The normalized spacial score (nSPS) is 12.1. The van der Waals surface area contributed by atoms with Crippen molar-refractivity contribution in [3.05, 3.63) is 23.0 Å². The van der Waals surface area contributed by atoms with Gasteiger partial charge in [-0.1, -0.05) is 18.5 Å². The Balaban J connectivity index is 3.25. The maximum absolute atomic E-state index is 13.9. The zero-order chi connectivity index (χ0) is 14.6. The van der Waals surface area contributed by atoms with E-state index >= 15 is 0 Å². The average molecular weight is 311 g/mol. The number of anilines is 1. The van der Waals surface area contributed by atoms with E-state index in [4.69, 9.17) is 22.4 Å². The van der Waals surface area contributed by atoms with Gasteiger partial charge in [-0.25, -0.2) is 12.8 Å². The summed E-state index contributed by atoms with van der Waals surface area (Å²) in [6.07, 6.45) is 0.269. The molecule has 0 saturated heterocycles. The predicted octanol–water partition coefficient (Wildman–Crippen LogP) is 1.45. The molecule has 8 heteroatoms. The summed E-state index contributed by atoms with van der Waals surface area (Å²) < 4.78 is 39.5. The number of nitrogens with zero attached hydrogens (tertiary/aromatic N) is 1. The molecular weight excluding hydrogens is 295 g/mol. The van der Waals surface area contributed by atoms with Crippen LogP contribution in [0.2, 0.25) is 5.02 Å². The Morgan fingerprint density at radius 3 is 2.63 bits per heavy atom. The van der Waals surface area contributed by atoms with E-state index < -0.39 is 20.7 Å². The van der Waals surface area contributed by atoms with Gasteiger partial charge in [0.15, 0.2) is 5.82 Å². The molecule has 3 N–H and O–H groups in total. The van der Waals surface area contributed by atoms with E-state index in [1.54, 1.807) is 6.92 Å². The highest BCUT2D eigenvalue weighted by atomic mass is 35.5. The Morgan fingerprint density at radius 2 is 2.11 bits per heavy atom. The summed E-state index contributed by atoms with van der Waals surface area (Å²) in [7, 11) is -4.02. The average Bonchev–Trinajstić information content (AvgIpc) is 2.34. The van der Waals surface area contributed by atoms with Gasteiger partial charge in [-0.3, -0.25) is 0 Å². The summed E-state index contributed by atoms with van der Waals surface area (Å²) in [6.45, 7) is 1.74. The Hall–Kier alpha value is -0.890. The number of sulfonamides is 1. The zero-order valence-corrected chi connectivity index (χ0v) is 12.0. The van der Waals surface area contributed by atoms with E-state index in [9.17, 15) is 12.8 Å². The van der Waals surface area contributed by atoms with Crippen LogP contribution < -0.4 is 5.73 Å². The first-order valence-electron chi connectivity index (χ1n) is 5.70. The van der Waals surface area contributed by atoms with Crippen LogP contribution in [0.5, 0.6) is 0 Å². The summed E-state index contributed by atoms with van der Waals surface area (Å²) in [6, 6.07) is 2.18. The van der Waals surface area contributed by atoms with E-state index in [0.29, 0.717) is 0 Å². The molecule has 19 heavy (non-hydrogen) atoms. The Labute approximate surface area is 116 Å². The summed E-state index contributed by atoms with van der Waals surface area (Å²) in [4.78, 5) is -0.544. The van der Waals surface area contributed by atoms with Crippen molar-refractivity contribution in [2.75, 3.05) is 25.4 Å². The number of benzene rings is 1. The molecule has 1 aromatic carbocycles. The number of rotatable bonds is 6. The standard InChI is InChI=1S/C11H16ClFN2O3S/c1-2-15(4-3-5-16)19(17,18)10-7-8(12)6-9(14)11(10)13/h6-7,16H,2-5,14H2,1H3. The minimum atomic E-state index is -4.02. The van der Waals surface area contributed by atoms with Crippen LogP contribution in [-0.2, 0) is 10.0 Å². The number of nitrogens with two attached hydrogens (primary N) is 1. The number of halogens is 2. The quantitative estimate of drug-likeness (QED) is 0.779. The lowest BCUT2D eigenvalue weighted by Crippen LogP contribution is -2.33. The van der Waals surface area contributed by atoms with E-state index in [1.165, 1.54) is 0 Å². The molecule has 108 valence electrons. The van der Waals surface area contributed by atoms with Crippen molar-refractivity contribution < 1.29 is 17.9 Å². The lowest BCUT2D eigenvalue weighted by Gasteiger charge is -2.20. The number of hydrogen-bond donors (Lipinski definition) is 2. The largest absolute Gasteiger partial charge is 0.396 e. The van der Waals surface area contributed by atoms with Crippen LogP contribution in [0.15, 0.2) is 17.0 Å². The minimum Gasteiger partial charge on any atom is -0.396 e. The Kier molecular flexibility index (Phi) is 5.54. The summed E-state index contributed by atoms with van der Waals surface area (Å²) >= 11 is 5.71. The van der Waals surface area contributed by atoms with Crippen molar-refractivity contribution in [3.63, 3.8) is 0 Å². The molecule has 5 nitrogen and oxygen atoms in total. The molecule has 0 aliphatic rings. The second-order valence-corrected chi connectivity index (χ2v) is 6.22. The first-order chi connectivity index (χ1) is 8.84. The van der Waals surface area contributed by atoms with Gasteiger partial charge in [0.25, 0.3) is 0 Å². The van der Waals surface area contributed by atoms with Crippen molar-refractivity contribution in [2.24, 2.45) is 0 Å². The molecule has 0 aromatic heterocycles. The van der Waals surface area contributed by atoms with Crippen LogP contribution in [0.25, 0.3) is 0 Å². The van der Waals surface area contributed by atoms with Crippen molar-refractivity contribution in [1.82, 2.24) is 4.31 Å². The molecule has 1 rings (SSSR count). The van der Waals surface area contributed by atoms with Gasteiger partial charge in [0, 0.05) is 24.7 Å². The molecule has 0 aliphatic carbocycles. The predicted molar refractivity (Wildman–Crippen MR) is 72.0 cm³/mol. The Morgan fingerprint density at radius 1 is 1.47 bits per heavy atom. The highest BCUT2D eigenvalue weighted by molar-refractivity contribution is 7.89. The number of hydrogen-bond acceptors (Lipinski definition) is 4. The number of nitrogen functional groups attached to an aromatic ring is 1. The van der Waals surface area contributed by atoms with Gasteiger partial charge in [0.05, 0.1) is 5.69 Å². The third-order valence-corrected chi connectivity index (χ3v) is 4.76. The van der Waals surface area contributed by atoms with E-state index in [2.05, 4.69) is 0 Å². The summed E-state index contributed by atoms with van der Waals surface area (Å²) in [5.41, 5.74) is 5.06. The second-order valence-electron chi connectivity index (χ2n) is 3.88. The van der Waals surface area contributed by atoms with Crippen molar-refractivity contribution in [3.8, 4) is 0 Å². The molecule has 1 aromatic rings. The first-order valence-corrected chi connectivity index (χ1v) is 7.52. The molecule has 0 heterocycles. The smallest absolute Gasteiger partial charge is 0.246 e. The highest BCUT2D eigenvalue weighted by Crippen LogP contribution is 2.27. The molecule has 0 amide bonds. The number of aliphatic hydroxyl groups is 1. The highest BCUT2D eigenvalue weighted by Gasteiger charge is 2.27. The van der Waals surface area contributed by atoms with Crippen molar-refractivity contribution >= 4 is 27.3 Å². The van der Waals surface area contributed by atoms with Gasteiger partial charge in [0.1, 0.15) is 4.90 Å². The maximum atomic E-state index is 13.9. The van der Waals surface area contributed by atoms with Gasteiger partial charge in [-0.15, -0.1) is 0 Å². The summed E-state index contributed by atoms with van der Waals surface area (Å²) in [5.74, 6) is -1.01. The first kappa shape index (κ1) is 16.2. The van der Waals surface area contributed by atoms with Crippen LogP contribution >= 0.6 is 11.6 Å². The third kappa shape index (κ3) is 3.56. The summed E-state index contributed by atoms with van der Waals surface area (Å²) in [5, 5.41) is 8.80. The van der Waals surface area contributed by atoms with Crippen LogP contribution in [0.4, 0.5) is 10.1 Å². The van der Waals surface area contributed by atoms with Gasteiger partial charge in [0.2, 0.25) is 10.0 Å². The molecule has 0 saturated carbocycles. The fourth-order valence-corrected chi connectivity index (χ4v) is 3.51. The third-order valence-electron chi connectivity index (χ3n) is 2.57. The lowest BCUT2D eigenvalue weighted by atomic mass is 10.3. The topological polar surface area (TPSA) is 83.6 Å². The van der Waals surface area contributed by atoms with Crippen molar-refractivity contribution in [1.29, 1.82) is 0 Å². The molecule has 0 spiro atoms. The van der Waals surface area contributed by atoms with Crippen LogP contribution in [0, 0.1) is 5.82 Å². The fraction of sp³-hybridized carbons (Fsp3) is 0.455. The molecule has 0 aliphatic heterocycles. The van der Waals surface area contributed by atoms with Crippen LogP contribution in [0.3, 0.4) is 0 Å². The van der Waals surface area contributed by atoms with E-state index in [1.807, 2.05) is 0 Å². The van der Waals surface area contributed by atoms with E-state index in [-0.39, 0.29) is 36.8 Å². The molecule has 0 radical (unpaired) electrons. The Bertz CT molecular complexity index is 551. The molecule has 0 fully saturated rings. The van der Waals surface area contributed by atoms with Gasteiger partial charge < -0.3 is 10.8 Å². The number of aliphatic hydroxyl groups excluding tert-OH is 1. The molecular formula is C11H16ClFN2O3S. The zero-order valence-electron chi connectivity index (χ0n) is 10.4. The van der Waals surface area contributed by atoms with Crippen molar-refractivity contribution in [2.45, 2.75) is 18.2 Å². The lowest BCUT2D eigenvalue weighted by molar-refractivity contribution is 0.271. The van der Waals surface area contributed by atoms with Crippen LogP contribution in [-0.4, -0.2) is 37.5 Å². The molecule has 0 unspecified atom stereocenters. The monoisotopic (exact) mass is 310 g/mol. The fourth-order valence-electron chi connectivity index (χ4n) is 1.61.